The molecule has 0 bridgehead atoms. The number of amides is 1. The molecule has 1 saturated heterocycles. The maximum absolute atomic E-state index is 14.8. The smallest absolute Gasteiger partial charge is 0.324 e. The number of aromatic nitrogens is 2. The first-order chi connectivity index (χ1) is 20.8. The molecular weight excluding hydrogens is 590 g/mol. The van der Waals surface area contributed by atoms with Gasteiger partial charge in [0.1, 0.15) is 17.7 Å². The third-order valence-corrected chi connectivity index (χ3v) is 7.53. The van der Waals surface area contributed by atoms with E-state index in [-0.39, 0.29) is 43.6 Å². The van der Waals surface area contributed by atoms with E-state index in [1.54, 1.807) is 53.6 Å². The van der Waals surface area contributed by atoms with Crippen LogP contribution in [0.4, 0.5) is 20.4 Å². The normalized spacial score (nSPS) is 15.6. The van der Waals surface area contributed by atoms with Gasteiger partial charge >= 0.3 is 5.97 Å². The number of fused-ring (bicyclic) bond motifs is 3. The molecule has 1 unspecified atom stereocenters. The summed E-state index contributed by atoms with van der Waals surface area (Å²) in [4.78, 5) is 40.3. The number of carbonyl (C=O) groups is 2. The molecule has 2 aliphatic rings. The number of methoxy groups -OCH3 is 1. The number of rotatable bonds is 5. The molecule has 0 saturated carbocycles. The molecule has 6 rings (SSSR count). The Bertz CT molecular complexity index is 1750. The van der Waals surface area contributed by atoms with Gasteiger partial charge in [-0.3, -0.25) is 14.6 Å². The number of aliphatic imine (C=N–C) groups is 1. The molecule has 3 heterocycles. The van der Waals surface area contributed by atoms with Crippen molar-refractivity contribution in [3.63, 3.8) is 0 Å². The van der Waals surface area contributed by atoms with Crippen LogP contribution in [0.1, 0.15) is 34.5 Å². The zero-order valence-corrected chi connectivity index (χ0v) is 23.7. The molecule has 9 nitrogen and oxygen atoms in total. The third-order valence-electron chi connectivity index (χ3n) is 7.30. The van der Waals surface area contributed by atoms with Crippen LogP contribution in [0.2, 0.25) is 5.02 Å². The SMILES string of the molecule is C.COC(=O)C1CN(C(=O)c2ccc(Nc3ncc4c(n3)-c3ccc(Cl)cc3C(c3c(F)cccc3F)=NC4)cc2)CCN1. The molecule has 12 heteroatoms. The summed E-state index contributed by atoms with van der Waals surface area (Å²) in [5.41, 5.74) is 3.28. The number of carbonyl (C=O) groups excluding carboxylic acids is 2. The van der Waals surface area contributed by atoms with Crippen molar-refractivity contribution in [2.45, 2.75) is 20.0 Å². The first-order valence-electron chi connectivity index (χ1n) is 13.4. The Labute approximate surface area is 258 Å². The highest BCUT2D eigenvalue weighted by Crippen LogP contribution is 2.34. The van der Waals surface area contributed by atoms with E-state index in [1.807, 2.05) is 0 Å². The van der Waals surface area contributed by atoms with Gasteiger partial charge in [-0.1, -0.05) is 31.2 Å². The largest absolute Gasteiger partial charge is 0.468 e. The van der Waals surface area contributed by atoms with Crippen LogP contribution in [0.15, 0.2) is 71.9 Å². The number of anilines is 2. The summed E-state index contributed by atoms with van der Waals surface area (Å²) in [7, 11) is 1.32. The molecule has 1 atom stereocenters. The Morgan fingerprint density at radius 3 is 2.55 bits per heavy atom. The number of hydrogen-bond acceptors (Lipinski definition) is 8. The van der Waals surface area contributed by atoms with Crippen molar-refractivity contribution in [2.75, 3.05) is 32.1 Å². The van der Waals surface area contributed by atoms with Gasteiger partial charge in [0, 0.05) is 58.8 Å². The summed E-state index contributed by atoms with van der Waals surface area (Å²) in [6.45, 7) is 1.27. The molecule has 226 valence electrons. The first kappa shape index (κ1) is 30.7. The number of piperazine rings is 1. The zero-order valence-electron chi connectivity index (χ0n) is 22.9. The molecule has 0 aliphatic carbocycles. The van der Waals surface area contributed by atoms with Crippen molar-refractivity contribution in [1.82, 2.24) is 20.2 Å². The van der Waals surface area contributed by atoms with Crippen molar-refractivity contribution in [1.29, 1.82) is 0 Å². The van der Waals surface area contributed by atoms with Crippen LogP contribution in [-0.4, -0.2) is 65.2 Å². The number of nitrogens with zero attached hydrogens (tertiary/aromatic N) is 4. The molecule has 1 amide bonds. The summed E-state index contributed by atoms with van der Waals surface area (Å²) in [6, 6.07) is 15.0. The van der Waals surface area contributed by atoms with Gasteiger partial charge in [0.15, 0.2) is 0 Å². The van der Waals surface area contributed by atoms with E-state index in [9.17, 15) is 18.4 Å². The second kappa shape index (κ2) is 12.9. The van der Waals surface area contributed by atoms with Gasteiger partial charge in [0.2, 0.25) is 5.95 Å². The maximum Gasteiger partial charge on any atom is 0.324 e. The van der Waals surface area contributed by atoms with Crippen molar-refractivity contribution < 1.29 is 23.1 Å². The summed E-state index contributed by atoms with van der Waals surface area (Å²) in [6.07, 6.45) is 1.62. The number of nitrogens with one attached hydrogen (secondary N) is 2. The standard InChI is InChI=1S/C31H25ClF2N6O3.CH4/c1-43-30(42)25-16-40(12-11-35-25)29(41)17-5-8-20(9-6-17)38-31-37-15-18-14-36-28(26-23(33)3-2-4-24(26)34)22-13-19(32)7-10-21(22)27(18)39-31;/h2-10,13,15,25,35H,11-12,14,16H2,1H3,(H,37,38,39);1H4. The fourth-order valence-electron chi connectivity index (χ4n) is 5.16. The maximum atomic E-state index is 14.8. The van der Waals surface area contributed by atoms with Crippen molar-refractivity contribution in [3.8, 4) is 11.3 Å². The molecular formula is C32H29ClF2N6O3. The predicted molar refractivity (Wildman–Crippen MR) is 164 cm³/mol. The minimum absolute atomic E-state index is 0. The minimum Gasteiger partial charge on any atom is -0.468 e. The highest BCUT2D eigenvalue weighted by molar-refractivity contribution is 6.31. The van der Waals surface area contributed by atoms with E-state index in [2.05, 4.69) is 20.6 Å². The van der Waals surface area contributed by atoms with Gasteiger partial charge in [-0.15, -0.1) is 0 Å². The van der Waals surface area contributed by atoms with Crippen molar-refractivity contribution in [3.05, 3.63) is 106 Å². The quantitative estimate of drug-likeness (QED) is 0.289. The Hall–Kier alpha value is -4.74. The summed E-state index contributed by atoms with van der Waals surface area (Å²) >= 11 is 6.30. The van der Waals surface area contributed by atoms with Gasteiger partial charge in [-0.25, -0.2) is 18.7 Å². The minimum atomic E-state index is -0.730. The highest BCUT2D eigenvalue weighted by Gasteiger charge is 2.29. The molecule has 1 fully saturated rings. The Morgan fingerprint density at radius 2 is 1.82 bits per heavy atom. The van der Waals surface area contributed by atoms with E-state index in [4.69, 9.17) is 21.3 Å². The Kier molecular flexibility index (Phi) is 8.98. The molecule has 44 heavy (non-hydrogen) atoms. The lowest BCUT2D eigenvalue weighted by molar-refractivity contribution is -0.144. The Morgan fingerprint density at radius 1 is 1.07 bits per heavy atom. The second-order valence-electron chi connectivity index (χ2n) is 10.0. The van der Waals surface area contributed by atoms with Gasteiger partial charge in [-0.05, 0) is 48.5 Å². The van der Waals surface area contributed by atoms with Gasteiger partial charge in [0.05, 0.1) is 30.6 Å². The average Bonchev–Trinajstić information content (AvgIpc) is 3.17. The Balaban J connectivity index is 0.00000384. The van der Waals surface area contributed by atoms with Crippen molar-refractivity contribution >= 4 is 40.8 Å². The number of ether oxygens (including phenoxy) is 1. The van der Waals surface area contributed by atoms with Crippen LogP contribution in [0.3, 0.4) is 0 Å². The lowest BCUT2D eigenvalue weighted by Gasteiger charge is -2.32. The van der Waals surface area contributed by atoms with Crippen LogP contribution in [0, 0.1) is 11.6 Å². The van der Waals surface area contributed by atoms with Crippen molar-refractivity contribution in [2.24, 2.45) is 4.99 Å². The summed E-state index contributed by atoms with van der Waals surface area (Å²) < 4.78 is 34.4. The van der Waals surface area contributed by atoms with Crippen LogP contribution in [0.5, 0.6) is 0 Å². The molecule has 0 radical (unpaired) electrons. The monoisotopic (exact) mass is 618 g/mol. The molecule has 0 spiro atoms. The van der Waals surface area contributed by atoms with Gasteiger partial charge in [-0.2, -0.15) is 0 Å². The summed E-state index contributed by atoms with van der Waals surface area (Å²) in [5, 5.41) is 6.59. The summed E-state index contributed by atoms with van der Waals surface area (Å²) in [5.74, 6) is -1.79. The second-order valence-corrected chi connectivity index (χ2v) is 10.4. The zero-order chi connectivity index (χ0) is 30.1. The predicted octanol–water partition coefficient (Wildman–Crippen LogP) is 5.39. The van der Waals surface area contributed by atoms with Gasteiger partial charge < -0.3 is 20.3 Å². The van der Waals surface area contributed by atoms with E-state index >= 15 is 0 Å². The van der Waals surface area contributed by atoms with Crippen LogP contribution < -0.4 is 10.6 Å². The molecule has 2 N–H and O–H groups in total. The number of benzene rings is 3. The van der Waals surface area contributed by atoms with E-state index in [0.29, 0.717) is 51.7 Å². The van der Waals surface area contributed by atoms with E-state index < -0.39 is 23.6 Å². The van der Waals surface area contributed by atoms with Crippen LogP contribution in [-0.2, 0) is 16.1 Å². The highest BCUT2D eigenvalue weighted by atomic mass is 35.5. The molecule has 2 aliphatic heterocycles. The lowest BCUT2D eigenvalue weighted by atomic mass is 9.95. The van der Waals surface area contributed by atoms with Gasteiger partial charge in [0.25, 0.3) is 5.91 Å². The van der Waals surface area contributed by atoms with E-state index in [0.717, 1.165) is 0 Å². The van der Waals surface area contributed by atoms with E-state index in [1.165, 1.54) is 25.3 Å². The molecule has 1 aromatic heterocycles. The lowest BCUT2D eigenvalue weighted by Crippen LogP contribution is -2.56. The molecule has 3 aromatic carbocycles. The average molecular weight is 619 g/mol. The fraction of sp³-hybridized carbons (Fsp3) is 0.219. The van der Waals surface area contributed by atoms with Crippen LogP contribution >= 0.6 is 11.6 Å². The number of esters is 1. The van der Waals surface area contributed by atoms with Crippen LogP contribution in [0.25, 0.3) is 11.3 Å². The molecule has 4 aromatic rings. The fourth-order valence-corrected chi connectivity index (χ4v) is 5.34. The number of halogens is 3. The number of hydrogen-bond donors (Lipinski definition) is 2. The third kappa shape index (κ3) is 6.01. The topological polar surface area (TPSA) is 109 Å². The first-order valence-corrected chi connectivity index (χ1v) is 13.8.